The lowest BCUT2D eigenvalue weighted by molar-refractivity contribution is -0.135. The van der Waals surface area contributed by atoms with E-state index < -0.39 is 39.8 Å². The second kappa shape index (κ2) is 7.93. The zero-order valence-electron chi connectivity index (χ0n) is 19.0. The molecule has 4 aromatic rings. The fraction of sp³-hybridized carbons (Fsp3) is 0.111. The summed E-state index contributed by atoms with van der Waals surface area (Å²) >= 11 is 13.1. The van der Waals surface area contributed by atoms with Gasteiger partial charge in [-0.3, -0.25) is 19.2 Å². The molecular formula is C27H18Cl2N4O4. The van der Waals surface area contributed by atoms with Crippen molar-refractivity contribution in [3.63, 3.8) is 0 Å². The Morgan fingerprint density at radius 3 is 1.30 bits per heavy atom. The standard InChI is InChI=1S/C27H18Cl2N4O4/c28-21-23(34)32(19-11-9-17(30)13-5-1-3-7-15(13)19)25(36)27(21)22(29)24(35)33(26(27)37)20-12-10-18(31)14-6-2-4-8-16(14)20/h1-12,21-22H,30-31H2/t21-,22?,27?/m0/s1. The number of rotatable bonds is 2. The van der Waals surface area contributed by atoms with E-state index >= 15 is 0 Å². The highest BCUT2D eigenvalue weighted by atomic mass is 35.5. The van der Waals surface area contributed by atoms with Crippen LogP contribution >= 0.6 is 23.2 Å². The largest absolute Gasteiger partial charge is 0.398 e. The predicted octanol–water partition coefficient (Wildman–Crippen LogP) is 3.81. The average Bonchev–Trinajstić information content (AvgIpc) is 3.23. The Hall–Kier alpha value is -4.14. The van der Waals surface area contributed by atoms with Gasteiger partial charge in [-0.15, -0.1) is 23.2 Å². The molecular weight excluding hydrogens is 515 g/mol. The molecule has 6 rings (SSSR count). The third kappa shape index (κ3) is 2.85. The van der Waals surface area contributed by atoms with Crippen molar-refractivity contribution < 1.29 is 19.2 Å². The van der Waals surface area contributed by atoms with Crippen molar-refractivity contribution >= 4 is 91.1 Å². The summed E-state index contributed by atoms with van der Waals surface area (Å²) in [6.45, 7) is 0. The number of nitrogen functional groups attached to an aromatic ring is 2. The number of carbonyl (C=O) groups excluding carboxylic acids is 4. The van der Waals surface area contributed by atoms with Crippen LogP contribution < -0.4 is 21.3 Å². The van der Waals surface area contributed by atoms with Gasteiger partial charge in [-0.05, 0) is 24.3 Å². The van der Waals surface area contributed by atoms with Gasteiger partial charge >= 0.3 is 0 Å². The van der Waals surface area contributed by atoms with Crippen LogP contribution in [-0.4, -0.2) is 34.4 Å². The lowest BCUT2D eigenvalue weighted by Gasteiger charge is -2.24. The summed E-state index contributed by atoms with van der Waals surface area (Å²) in [4.78, 5) is 56.7. The van der Waals surface area contributed by atoms with Gasteiger partial charge in [-0.2, -0.15) is 0 Å². The maximum absolute atomic E-state index is 14.0. The molecule has 1 spiro atoms. The predicted molar refractivity (Wildman–Crippen MR) is 143 cm³/mol. The number of benzene rings is 4. The molecule has 0 aliphatic carbocycles. The first-order valence-corrected chi connectivity index (χ1v) is 12.2. The van der Waals surface area contributed by atoms with Crippen molar-refractivity contribution in [3.8, 4) is 0 Å². The number of fused-ring (bicyclic) bond motifs is 2. The summed E-state index contributed by atoms with van der Waals surface area (Å²) in [7, 11) is 0. The third-order valence-electron chi connectivity index (χ3n) is 7.14. The zero-order chi connectivity index (χ0) is 26.2. The van der Waals surface area contributed by atoms with Crippen LogP contribution in [0.1, 0.15) is 0 Å². The number of nitrogens with zero attached hydrogens (tertiary/aromatic N) is 2. The van der Waals surface area contributed by atoms with Crippen molar-refractivity contribution in [2.24, 2.45) is 5.41 Å². The molecule has 2 unspecified atom stereocenters. The molecule has 10 heteroatoms. The van der Waals surface area contributed by atoms with Crippen LogP contribution in [0.25, 0.3) is 21.5 Å². The smallest absolute Gasteiger partial charge is 0.253 e. The van der Waals surface area contributed by atoms with Gasteiger partial charge in [0.2, 0.25) is 0 Å². The molecule has 0 saturated carbocycles. The molecule has 3 atom stereocenters. The fourth-order valence-corrected chi connectivity index (χ4v) is 6.18. The number of amides is 4. The second-order valence-corrected chi connectivity index (χ2v) is 9.86. The van der Waals surface area contributed by atoms with Gasteiger partial charge in [0.1, 0.15) is 10.8 Å². The second-order valence-electron chi connectivity index (χ2n) is 8.99. The van der Waals surface area contributed by atoms with Crippen molar-refractivity contribution in [1.82, 2.24) is 0 Å². The maximum Gasteiger partial charge on any atom is 0.253 e. The van der Waals surface area contributed by atoms with Crippen LogP contribution in [0.5, 0.6) is 0 Å². The summed E-state index contributed by atoms with van der Waals surface area (Å²) < 4.78 is 0. The monoisotopic (exact) mass is 532 g/mol. The van der Waals surface area contributed by atoms with Crippen LogP contribution in [0, 0.1) is 5.41 Å². The molecule has 4 amide bonds. The number of anilines is 4. The number of alkyl halides is 2. The molecule has 8 nitrogen and oxygen atoms in total. The SMILES string of the molecule is Nc1ccc(N2C(=O)C(Cl)C3(C2=O)C(=O)N(c2ccc(N)c4ccccc24)C(=O)[C@@H]3Cl)c2ccccc12. The van der Waals surface area contributed by atoms with Gasteiger partial charge in [-0.25, -0.2) is 9.80 Å². The number of halogens is 2. The molecule has 37 heavy (non-hydrogen) atoms. The number of hydrogen-bond acceptors (Lipinski definition) is 6. The summed E-state index contributed by atoms with van der Waals surface area (Å²) in [6, 6.07) is 20.0. The first-order chi connectivity index (χ1) is 17.7. The molecule has 2 aliphatic heterocycles. The van der Waals surface area contributed by atoms with Crippen molar-refractivity contribution in [2.45, 2.75) is 10.8 Å². The Morgan fingerprint density at radius 2 is 0.919 bits per heavy atom. The van der Waals surface area contributed by atoms with Crippen molar-refractivity contribution in [3.05, 3.63) is 72.8 Å². The van der Waals surface area contributed by atoms with Crippen LogP contribution in [0.2, 0.25) is 0 Å². The number of imide groups is 2. The van der Waals surface area contributed by atoms with Crippen LogP contribution in [-0.2, 0) is 19.2 Å². The van der Waals surface area contributed by atoms with Gasteiger partial charge < -0.3 is 11.5 Å². The summed E-state index contributed by atoms with van der Waals surface area (Å²) in [5.41, 5.74) is 11.1. The quantitative estimate of drug-likeness (QED) is 0.175. The Kier molecular flexibility index (Phi) is 4.99. The molecule has 2 heterocycles. The summed E-state index contributed by atoms with van der Waals surface area (Å²) in [5.74, 6) is -3.63. The van der Waals surface area contributed by atoms with E-state index in [2.05, 4.69) is 0 Å². The van der Waals surface area contributed by atoms with E-state index in [0.717, 1.165) is 9.80 Å². The molecule has 2 saturated heterocycles. The summed E-state index contributed by atoms with van der Waals surface area (Å²) in [5, 5.41) is -1.18. The van der Waals surface area contributed by atoms with Crippen molar-refractivity contribution in [1.29, 1.82) is 0 Å². The van der Waals surface area contributed by atoms with E-state index in [9.17, 15) is 19.2 Å². The molecule has 0 aromatic heterocycles. The third-order valence-corrected chi connectivity index (χ3v) is 8.20. The Morgan fingerprint density at radius 1 is 0.568 bits per heavy atom. The van der Waals surface area contributed by atoms with E-state index in [1.165, 1.54) is 12.1 Å². The number of nitrogens with two attached hydrogens (primary N) is 2. The van der Waals surface area contributed by atoms with Crippen LogP contribution in [0.4, 0.5) is 22.7 Å². The van der Waals surface area contributed by atoms with Gasteiger partial charge in [0, 0.05) is 32.9 Å². The lowest BCUT2D eigenvalue weighted by Crippen LogP contribution is -2.48. The topological polar surface area (TPSA) is 127 Å². The highest BCUT2D eigenvalue weighted by Crippen LogP contribution is 2.52. The minimum Gasteiger partial charge on any atom is -0.398 e. The summed E-state index contributed by atoms with van der Waals surface area (Å²) in [6.07, 6.45) is 0. The molecule has 2 fully saturated rings. The maximum atomic E-state index is 14.0. The number of carbonyl (C=O) groups is 4. The zero-order valence-corrected chi connectivity index (χ0v) is 20.5. The normalized spacial score (nSPS) is 23.8. The van der Waals surface area contributed by atoms with Gasteiger partial charge in [0.05, 0.1) is 11.4 Å². The average molecular weight is 533 g/mol. The van der Waals surface area contributed by atoms with E-state index in [-0.39, 0.29) is 11.4 Å². The van der Waals surface area contributed by atoms with E-state index in [0.29, 0.717) is 32.9 Å². The minimum absolute atomic E-state index is 0.197. The Labute approximate surface area is 220 Å². The Balaban J connectivity index is 1.53. The lowest BCUT2D eigenvalue weighted by atomic mass is 9.83. The molecule has 2 aliphatic rings. The molecule has 0 radical (unpaired) electrons. The molecule has 184 valence electrons. The van der Waals surface area contributed by atoms with Crippen LogP contribution in [0.3, 0.4) is 0 Å². The molecule has 4 aromatic carbocycles. The first kappa shape index (κ1) is 23.3. The van der Waals surface area contributed by atoms with Crippen molar-refractivity contribution in [2.75, 3.05) is 21.3 Å². The van der Waals surface area contributed by atoms with E-state index in [1.54, 1.807) is 60.7 Å². The Bertz CT molecular complexity index is 1580. The fourth-order valence-electron chi connectivity index (χ4n) is 5.30. The highest BCUT2D eigenvalue weighted by Gasteiger charge is 2.74. The van der Waals surface area contributed by atoms with E-state index in [1.807, 2.05) is 0 Å². The minimum atomic E-state index is -2.33. The van der Waals surface area contributed by atoms with Gasteiger partial charge in [0.15, 0.2) is 5.41 Å². The molecule has 4 N–H and O–H groups in total. The first-order valence-electron chi connectivity index (χ1n) is 11.3. The van der Waals surface area contributed by atoms with E-state index in [4.69, 9.17) is 34.7 Å². The van der Waals surface area contributed by atoms with Gasteiger partial charge in [-0.1, -0.05) is 48.5 Å². The highest BCUT2D eigenvalue weighted by molar-refractivity contribution is 6.56. The van der Waals surface area contributed by atoms with Crippen LogP contribution in [0.15, 0.2) is 72.8 Å². The number of hydrogen-bond donors (Lipinski definition) is 2. The van der Waals surface area contributed by atoms with Gasteiger partial charge in [0.25, 0.3) is 23.6 Å². The molecule has 0 bridgehead atoms.